The molecule has 0 saturated carbocycles. The molecular formula is C19H24BrN3O2. The number of hydrogen-bond donors (Lipinski definition) is 2. The van der Waals surface area contributed by atoms with Crippen molar-refractivity contribution in [3.8, 4) is 5.69 Å². The van der Waals surface area contributed by atoms with Gasteiger partial charge in [-0.1, -0.05) is 22.0 Å². The van der Waals surface area contributed by atoms with Crippen LogP contribution in [0.4, 0.5) is 0 Å². The summed E-state index contributed by atoms with van der Waals surface area (Å²) >= 11 is 3.48. The van der Waals surface area contributed by atoms with E-state index in [1.807, 2.05) is 62.6 Å². The predicted octanol–water partition coefficient (Wildman–Crippen LogP) is 3.50. The first-order valence-electron chi connectivity index (χ1n) is 8.32. The van der Waals surface area contributed by atoms with Crippen molar-refractivity contribution in [2.75, 3.05) is 6.54 Å². The van der Waals surface area contributed by atoms with Gasteiger partial charge in [0.2, 0.25) is 5.91 Å². The van der Waals surface area contributed by atoms with Gasteiger partial charge in [-0.3, -0.25) is 9.59 Å². The molecule has 2 rings (SSSR count). The zero-order valence-corrected chi connectivity index (χ0v) is 16.6. The minimum atomic E-state index is -0.160. The van der Waals surface area contributed by atoms with Crippen LogP contribution in [0.2, 0.25) is 0 Å². The second kappa shape index (κ2) is 8.34. The van der Waals surface area contributed by atoms with Crippen molar-refractivity contribution >= 4 is 27.7 Å². The van der Waals surface area contributed by atoms with Gasteiger partial charge in [-0.05, 0) is 52.0 Å². The maximum absolute atomic E-state index is 12.5. The van der Waals surface area contributed by atoms with Gasteiger partial charge in [0.25, 0.3) is 5.91 Å². The summed E-state index contributed by atoms with van der Waals surface area (Å²) in [6, 6.07) is 9.92. The van der Waals surface area contributed by atoms with Crippen LogP contribution in [0.15, 0.2) is 34.8 Å². The second-order valence-electron chi connectivity index (χ2n) is 6.33. The molecule has 0 unspecified atom stereocenters. The van der Waals surface area contributed by atoms with Crippen LogP contribution in [0.3, 0.4) is 0 Å². The Kier molecular flexibility index (Phi) is 6.42. The zero-order chi connectivity index (χ0) is 18.6. The highest BCUT2D eigenvalue weighted by atomic mass is 79.9. The molecule has 1 heterocycles. The van der Waals surface area contributed by atoms with Crippen LogP contribution in [0, 0.1) is 13.8 Å². The summed E-state index contributed by atoms with van der Waals surface area (Å²) in [6.45, 7) is 8.04. The predicted molar refractivity (Wildman–Crippen MR) is 103 cm³/mol. The molecule has 0 fully saturated rings. The van der Waals surface area contributed by atoms with Gasteiger partial charge in [-0.2, -0.15) is 0 Å². The largest absolute Gasteiger partial charge is 0.354 e. The number of carbonyl (C=O) groups is 2. The van der Waals surface area contributed by atoms with E-state index in [2.05, 4.69) is 26.6 Å². The monoisotopic (exact) mass is 405 g/mol. The number of nitrogens with zero attached hydrogens (tertiary/aromatic N) is 1. The number of benzene rings is 1. The van der Waals surface area contributed by atoms with Crippen LogP contribution in [0.5, 0.6) is 0 Å². The van der Waals surface area contributed by atoms with Gasteiger partial charge >= 0.3 is 0 Å². The molecule has 0 aliphatic heterocycles. The highest BCUT2D eigenvalue weighted by molar-refractivity contribution is 9.10. The van der Waals surface area contributed by atoms with E-state index < -0.39 is 0 Å². The van der Waals surface area contributed by atoms with E-state index in [1.54, 1.807) is 0 Å². The lowest BCUT2D eigenvalue weighted by atomic mass is 10.2. The Bertz CT molecular complexity index is 781. The molecule has 0 aliphatic rings. The number of hydrogen-bond acceptors (Lipinski definition) is 2. The Hall–Kier alpha value is -2.08. The first-order valence-corrected chi connectivity index (χ1v) is 9.11. The Morgan fingerprint density at radius 2 is 1.92 bits per heavy atom. The van der Waals surface area contributed by atoms with Gasteiger partial charge in [0, 0.05) is 40.6 Å². The average molecular weight is 406 g/mol. The van der Waals surface area contributed by atoms with E-state index in [0.717, 1.165) is 21.5 Å². The normalized spacial score (nSPS) is 10.8. The molecule has 0 atom stereocenters. The number of aryl methyl sites for hydroxylation is 1. The SMILES string of the molecule is Cc1cc(C(=O)NCCC(=O)NC(C)C)c(C)n1-c1cccc(Br)c1. The molecule has 0 aliphatic carbocycles. The van der Waals surface area contributed by atoms with Crippen LogP contribution >= 0.6 is 15.9 Å². The molecule has 6 heteroatoms. The fourth-order valence-electron chi connectivity index (χ4n) is 2.78. The van der Waals surface area contributed by atoms with Crippen molar-refractivity contribution in [1.82, 2.24) is 15.2 Å². The van der Waals surface area contributed by atoms with E-state index in [9.17, 15) is 9.59 Å². The van der Waals surface area contributed by atoms with Gasteiger partial charge in [0.15, 0.2) is 0 Å². The summed E-state index contributed by atoms with van der Waals surface area (Å²) in [6.07, 6.45) is 0.272. The Balaban J connectivity index is 2.09. The Morgan fingerprint density at radius 3 is 2.56 bits per heavy atom. The van der Waals surface area contributed by atoms with Crippen molar-refractivity contribution in [1.29, 1.82) is 0 Å². The van der Waals surface area contributed by atoms with E-state index in [4.69, 9.17) is 0 Å². The number of aromatic nitrogens is 1. The zero-order valence-electron chi connectivity index (χ0n) is 15.0. The lowest BCUT2D eigenvalue weighted by Gasteiger charge is -2.11. The molecule has 0 saturated heterocycles. The number of amides is 2. The molecule has 0 spiro atoms. The second-order valence-corrected chi connectivity index (χ2v) is 7.24. The third-order valence-corrected chi connectivity index (χ3v) is 4.32. The van der Waals surface area contributed by atoms with E-state index in [0.29, 0.717) is 12.1 Å². The average Bonchev–Trinajstić information content (AvgIpc) is 2.81. The first kappa shape index (κ1) is 19.2. The minimum Gasteiger partial charge on any atom is -0.354 e. The summed E-state index contributed by atoms with van der Waals surface area (Å²) in [4.78, 5) is 24.1. The van der Waals surface area contributed by atoms with Crippen molar-refractivity contribution in [3.05, 3.63) is 51.8 Å². The molecule has 0 bridgehead atoms. The fourth-order valence-corrected chi connectivity index (χ4v) is 3.17. The standard InChI is InChI=1S/C19H24BrN3O2/c1-12(2)22-18(24)8-9-21-19(25)17-10-13(3)23(14(17)4)16-7-5-6-15(20)11-16/h5-7,10-12H,8-9H2,1-4H3,(H,21,25)(H,22,24). The van der Waals surface area contributed by atoms with E-state index in [1.165, 1.54) is 0 Å². The van der Waals surface area contributed by atoms with Crippen LogP contribution in [-0.4, -0.2) is 29.0 Å². The molecule has 2 aromatic rings. The van der Waals surface area contributed by atoms with Gasteiger partial charge in [0.05, 0.1) is 5.56 Å². The summed E-state index contributed by atoms with van der Waals surface area (Å²) in [5.41, 5.74) is 3.49. The molecule has 0 radical (unpaired) electrons. The van der Waals surface area contributed by atoms with Gasteiger partial charge in [0.1, 0.15) is 0 Å². The lowest BCUT2D eigenvalue weighted by molar-refractivity contribution is -0.121. The number of halogens is 1. The molecule has 1 aromatic carbocycles. The molecule has 1 aromatic heterocycles. The van der Waals surface area contributed by atoms with Crippen molar-refractivity contribution in [3.63, 3.8) is 0 Å². The quantitative estimate of drug-likeness (QED) is 0.772. The molecule has 2 N–H and O–H groups in total. The molecule has 2 amide bonds. The highest BCUT2D eigenvalue weighted by Crippen LogP contribution is 2.23. The minimum absolute atomic E-state index is 0.0603. The van der Waals surface area contributed by atoms with Crippen molar-refractivity contribution in [2.24, 2.45) is 0 Å². The van der Waals surface area contributed by atoms with Gasteiger partial charge in [-0.25, -0.2) is 0 Å². The van der Waals surface area contributed by atoms with Gasteiger partial charge < -0.3 is 15.2 Å². The van der Waals surface area contributed by atoms with Crippen LogP contribution < -0.4 is 10.6 Å². The number of nitrogens with one attached hydrogen (secondary N) is 2. The molecule has 5 nitrogen and oxygen atoms in total. The smallest absolute Gasteiger partial charge is 0.253 e. The number of carbonyl (C=O) groups excluding carboxylic acids is 2. The van der Waals surface area contributed by atoms with Crippen LogP contribution in [-0.2, 0) is 4.79 Å². The molecular weight excluding hydrogens is 382 g/mol. The topological polar surface area (TPSA) is 63.1 Å². The molecule has 25 heavy (non-hydrogen) atoms. The summed E-state index contributed by atoms with van der Waals surface area (Å²) in [5, 5.41) is 5.63. The van der Waals surface area contributed by atoms with Crippen LogP contribution in [0.25, 0.3) is 5.69 Å². The third kappa shape index (κ3) is 4.95. The lowest BCUT2D eigenvalue weighted by Crippen LogP contribution is -2.34. The Labute approximate surface area is 156 Å². The summed E-state index contributed by atoms with van der Waals surface area (Å²) < 4.78 is 3.03. The van der Waals surface area contributed by atoms with Gasteiger partial charge in [-0.15, -0.1) is 0 Å². The van der Waals surface area contributed by atoms with Crippen LogP contribution in [0.1, 0.15) is 42.0 Å². The maximum Gasteiger partial charge on any atom is 0.253 e. The highest BCUT2D eigenvalue weighted by Gasteiger charge is 2.17. The van der Waals surface area contributed by atoms with E-state index in [-0.39, 0.29) is 24.3 Å². The number of rotatable bonds is 6. The first-order chi connectivity index (χ1) is 11.8. The molecule has 134 valence electrons. The maximum atomic E-state index is 12.5. The van der Waals surface area contributed by atoms with Crippen molar-refractivity contribution in [2.45, 2.75) is 40.2 Å². The van der Waals surface area contributed by atoms with Crippen molar-refractivity contribution < 1.29 is 9.59 Å². The Morgan fingerprint density at radius 1 is 1.20 bits per heavy atom. The third-order valence-electron chi connectivity index (χ3n) is 3.83. The van der Waals surface area contributed by atoms with E-state index >= 15 is 0 Å². The fraction of sp³-hybridized carbons (Fsp3) is 0.368. The summed E-state index contributed by atoms with van der Waals surface area (Å²) in [5.74, 6) is -0.221. The summed E-state index contributed by atoms with van der Waals surface area (Å²) in [7, 11) is 0.